The van der Waals surface area contributed by atoms with Crippen molar-refractivity contribution >= 4 is 53.2 Å². The Bertz CT molecular complexity index is 681. The number of carboxylic acid groups (broad SMARTS) is 2. The normalized spacial score (nSPS) is 15.4. The Morgan fingerprint density at radius 3 is 1.88 bits per heavy atom. The summed E-state index contributed by atoms with van der Waals surface area (Å²) in [6.07, 6.45) is 4.10. The lowest BCUT2D eigenvalue weighted by Crippen LogP contribution is -2.58. The topological polar surface area (TPSA) is 188 Å². The third kappa shape index (κ3) is 12.2. The Morgan fingerprint density at radius 1 is 0.848 bits per heavy atom. The molecule has 0 aliphatic rings. The van der Waals surface area contributed by atoms with Crippen LogP contribution in [0.4, 0.5) is 0 Å². The molecule has 11 nitrogen and oxygen atoms in total. The van der Waals surface area contributed by atoms with Crippen LogP contribution in [0.2, 0.25) is 0 Å². The van der Waals surface area contributed by atoms with Crippen LogP contribution in [0.15, 0.2) is 0 Å². The van der Waals surface area contributed by atoms with Crippen molar-refractivity contribution in [2.75, 3.05) is 24.0 Å². The highest BCUT2D eigenvalue weighted by molar-refractivity contribution is 7.98. The molecule has 0 aliphatic heterocycles. The second-order valence-electron chi connectivity index (χ2n) is 7.60. The van der Waals surface area contributed by atoms with Crippen molar-refractivity contribution in [2.24, 2.45) is 11.7 Å². The first-order valence-electron chi connectivity index (χ1n) is 10.6. The van der Waals surface area contributed by atoms with E-state index in [-0.39, 0.29) is 12.3 Å². The molecule has 190 valence electrons. The van der Waals surface area contributed by atoms with Crippen LogP contribution in [-0.4, -0.2) is 88.1 Å². The molecular weight excluding hydrogens is 472 g/mol. The number of amides is 3. The summed E-state index contributed by atoms with van der Waals surface area (Å²) >= 11 is 2.97. The Balaban J connectivity index is 5.48. The Labute approximate surface area is 202 Å². The first kappa shape index (κ1) is 31.0. The molecule has 7 N–H and O–H groups in total. The quantitative estimate of drug-likeness (QED) is 0.154. The number of carbonyl (C=O) groups is 5. The number of nitrogens with one attached hydrogen (secondary N) is 3. The van der Waals surface area contributed by atoms with Crippen LogP contribution in [0.3, 0.4) is 0 Å². The van der Waals surface area contributed by atoms with Gasteiger partial charge in [0.15, 0.2) is 0 Å². The Kier molecular flexibility index (Phi) is 15.6. The molecule has 0 spiro atoms. The number of rotatable bonds is 17. The smallest absolute Gasteiger partial charge is 0.326 e. The Hall–Kier alpha value is -1.99. The van der Waals surface area contributed by atoms with E-state index in [1.807, 2.05) is 13.2 Å². The van der Waals surface area contributed by atoms with Gasteiger partial charge in [0.05, 0.1) is 12.5 Å². The fraction of sp³-hybridized carbons (Fsp3) is 0.750. The zero-order chi connectivity index (χ0) is 25.6. The largest absolute Gasteiger partial charge is 0.481 e. The molecule has 0 rings (SSSR count). The van der Waals surface area contributed by atoms with E-state index >= 15 is 0 Å². The average Bonchev–Trinajstić information content (AvgIpc) is 2.76. The number of hydrogen-bond acceptors (Lipinski definition) is 8. The highest BCUT2D eigenvalue weighted by Gasteiger charge is 2.32. The van der Waals surface area contributed by atoms with Gasteiger partial charge < -0.3 is 31.9 Å². The third-order valence-electron chi connectivity index (χ3n) is 5.00. The van der Waals surface area contributed by atoms with Gasteiger partial charge in [0.25, 0.3) is 0 Å². The van der Waals surface area contributed by atoms with E-state index in [4.69, 9.17) is 10.8 Å². The van der Waals surface area contributed by atoms with Gasteiger partial charge in [-0.05, 0) is 42.8 Å². The molecule has 0 fully saturated rings. The predicted octanol–water partition coefficient (Wildman–Crippen LogP) is -0.120. The third-order valence-corrected chi connectivity index (χ3v) is 6.29. The fourth-order valence-electron chi connectivity index (χ4n) is 2.75. The highest BCUT2D eigenvalue weighted by Crippen LogP contribution is 2.11. The number of aliphatic carboxylic acids is 2. The maximum Gasteiger partial charge on any atom is 0.326 e. The summed E-state index contributed by atoms with van der Waals surface area (Å²) in [6.45, 7) is 3.63. The van der Waals surface area contributed by atoms with Gasteiger partial charge in [-0.3, -0.25) is 19.2 Å². The minimum Gasteiger partial charge on any atom is -0.481 e. The second-order valence-corrected chi connectivity index (χ2v) is 9.57. The number of nitrogens with two attached hydrogens (primary N) is 1. The van der Waals surface area contributed by atoms with E-state index in [9.17, 15) is 29.1 Å². The van der Waals surface area contributed by atoms with E-state index in [0.29, 0.717) is 24.3 Å². The van der Waals surface area contributed by atoms with Crippen LogP contribution < -0.4 is 21.7 Å². The van der Waals surface area contributed by atoms with Gasteiger partial charge in [0.2, 0.25) is 17.7 Å². The molecule has 0 aromatic rings. The summed E-state index contributed by atoms with van der Waals surface area (Å²) in [7, 11) is 0. The summed E-state index contributed by atoms with van der Waals surface area (Å²) in [4.78, 5) is 60.4. The molecule has 5 atom stereocenters. The van der Waals surface area contributed by atoms with E-state index in [1.54, 1.807) is 24.9 Å². The van der Waals surface area contributed by atoms with Crippen LogP contribution >= 0.6 is 23.5 Å². The van der Waals surface area contributed by atoms with Gasteiger partial charge in [-0.2, -0.15) is 23.5 Å². The minimum atomic E-state index is -1.64. The van der Waals surface area contributed by atoms with E-state index in [1.165, 1.54) is 11.8 Å². The Morgan fingerprint density at radius 2 is 1.39 bits per heavy atom. The zero-order valence-corrected chi connectivity index (χ0v) is 21.1. The van der Waals surface area contributed by atoms with Crippen LogP contribution in [-0.2, 0) is 24.0 Å². The molecule has 0 saturated heterocycles. The van der Waals surface area contributed by atoms with E-state index in [0.717, 1.165) is 0 Å². The minimum absolute atomic E-state index is 0.187. The van der Waals surface area contributed by atoms with Gasteiger partial charge in [-0.1, -0.05) is 20.3 Å². The summed E-state index contributed by atoms with van der Waals surface area (Å²) in [6, 6.07) is -4.46. The van der Waals surface area contributed by atoms with Crippen molar-refractivity contribution in [1.82, 2.24) is 16.0 Å². The van der Waals surface area contributed by atoms with Gasteiger partial charge in [0.1, 0.15) is 18.1 Å². The van der Waals surface area contributed by atoms with E-state index < -0.39 is 60.2 Å². The lowest BCUT2D eigenvalue weighted by atomic mass is 9.97. The molecule has 5 unspecified atom stereocenters. The van der Waals surface area contributed by atoms with Crippen LogP contribution in [0.5, 0.6) is 0 Å². The van der Waals surface area contributed by atoms with Crippen LogP contribution in [0.1, 0.15) is 39.5 Å². The van der Waals surface area contributed by atoms with Crippen LogP contribution in [0, 0.1) is 5.92 Å². The SMILES string of the molecule is CCC(C)C(NC(=O)C(N)CCSC)C(=O)NC(CCSC)C(=O)NC(CC(=O)O)C(=O)O. The molecule has 3 amide bonds. The van der Waals surface area contributed by atoms with Crippen molar-refractivity contribution in [3.05, 3.63) is 0 Å². The molecule has 0 aromatic carbocycles. The molecule has 0 radical (unpaired) electrons. The number of carbonyl (C=O) groups excluding carboxylic acids is 3. The molecule has 0 aromatic heterocycles. The molecule has 0 aliphatic carbocycles. The molecule has 0 heterocycles. The lowest BCUT2D eigenvalue weighted by molar-refractivity contribution is -0.147. The standard InChI is InChI=1S/C20H36N4O7S2/c1-5-11(2)16(24-17(27)12(21)6-8-32-3)19(29)22-13(7-9-33-4)18(28)23-14(20(30)31)10-15(25)26/h11-14,16H,5-10,21H2,1-4H3,(H,22,29)(H,23,28)(H,24,27)(H,25,26)(H,30,31). The second kappa shape index (κ2) is 16.6. The summed E-state index contributed by atoms with van der Waals surface area (Å²) in [5.74, 6) is -3.85. The van der Waals surface area contributed by atoms with E-state index in [2.05, 4.69) is 16.0 Å². The first-order chi connectivity index (χ1) is 15.5. The maximum atomic E-state index is 13.0. The van der Waals surface area contributed by atoms with Gasteiger partial charge in [0, 0.05) is 0 Å². The number of thioether (sulfide) groups is 2. The molecular formula is C20H36N4O7S2. The van der Waals surface area contributed by atoms with Gasteiger partial charge in [-0.25, -0.2) is 4.79 Å². The summed E-state index contributed by atoms with van der Waals surface area (Å²) in [5.41, 5.74) is 5.90. The van der Waals surface area contributed by atoms with Crippen molar-refractivity contribution in [3.63, 3.8) is 0 Å². The first-order valence-corrected chi connectivity index (χ1v) is 13.4. The van der Waals surface area contributed by atoms with Crippen LogP contribution in [0.25, 0.3) is 0 Å². The monoisotopic (exact) mass is 508 g/mol. The summed E-state index contributed by atoms with van der Waals surface area (Å²) in [5, 5.41) is 25.5. The van der Waals surface area contributed by atoms with Crippen molar-refractivity contribution < 1.29 is 34.2 Å². The van der Waals surface area contributed by atoms with Crippen molar-refractivity contribution in [2.45, 2.75) is 63.7 Å². The van der Waals surface area contributed by atoms with Crippen molar-refractivity contribution in [1.29, 1.82) is 0 Å². The zero-order valence-electron chi connectivity index (χ0n) is 19.5. The maximum absolute atomic E-state index is 13.0. The lowest BCUT2D eigenvalue weighted by Gasteiger charge is -2.28. The van der Waals surface area contributed by atoms with Crippen molar-refractivity contribution in [3.8, 4) is 0 Å². The number of carboxylic acids is 2. The molecule has 33 heavy (non-hydrogen) atoms. The highest BCUT2D eigenvalue weighted by atomic mass is 32.2. The fourth-order valence-corrected chi connectivity index (χ4v) is 3.71. The summed E-state index contributed by atoms with van der Waals surface area (Å²) < 4.78 is 0. The number of hydrogen-bond donors (Lipinski definition) is 6. The molecule has 13 heteroatoms. The molecule has 0 bridgehead atoms. The van der Waals surface area contributed by atoms with Gasteiger partial charge >= 0.3 is 11.9 Å². The van der Waals surface area contributed by atoms with Gasteiger partial charge in [-0.15, -0.1) is 0 Å². The average molecular weight is 509 g/mol. The predicted molar refractivity (Wildman–Crippen MR) is 129 cm³/mol. The molecule has 0 saturated carbocycles.